The van der Waals surface area contributed by atoms with E-state index in [0.29, 0.717) is 17.2 Å². The van der Waals surface area contributed by atoms with Crippen LogP contribution in [0.3, 0.4) is 0 Å². The Hall–Kier alpha value is -2.58. The van der Waals surface area contributed by atoms with E-state index in [1.54, 1.807) is 24.3 Å². The van der Waals surface area contributed by atoms with E-state index < -0.39 is 15.9 Å². The van der Waals surface area contributed by atoms with Crippen LogP contribution in [0.4, 0.5) is 5.69 Å². The molecule has 0 saturated heterocycles. The van der Waals surface area contributed by atoms with Crippen molar-refractivity contribution in [3.05, 3.63) is 48.0 Å². The zero-order valence-electron chi connectivity index (χ0n) is 13.1. The van der Waals surface area contributed by atoms with Gasteiger partial charge in [-0.2, -0.15) is 0 Å². The van der Waals surface area contributed by atoms with Crippen molar-refractivity contribution in [3.8, 4) is 11.5 Å². The predicted octanol–water partition coefficient (Wildman–Crippen LogP) is 1.92. The van der Waals surface area contributed by atoms with Crippen molar-refractivity contribution < 1.29 is 22.7 Å². The van der Waals surface area contributed by atoms with Crippen molar-refractivity contribution in [1.29, 1.82) is 0 Å². The highest BCUT2D eigenvalue weighted by molar-refractivity contribution is 7.89. The second-order valence-electron chi connectivity index (χ2n) is 5.34. The maximum Gasteiger partial charge on any atom is 0.255 e. The van der Waals surface area contributed by atoms with Crippen LogP contribution >= 0.6 is 0 Å². The van der Waals surface area contributed by atoms with Gasteiger partial charge in [-0.3, -0.25) is 4.79 Å². The van der Waals surface area contributed by atoms with Gasteiger partial charge >= 0.3 is 0 Å². The summed E-state index contributed by atoms with van der Waals surface area (Å²) >= 11 is 0. The fraction of sp³-hybridized carbons (Fsp3) is 0.188. The van der Waals surface area contributed by atoms with Gasteiger partial charge in [0.1, 0.15) is 0 Å². The maximum atomic E-state index is 12.4. The van der Waals surface area contributed by atoms with Crippen molar-refractivity contribution in [2.45, 2.75) is 4.90 Å². The van der Waals surface area contributed by atoms with Crippen LogP contribution in [-0.4, -0.2) is 39.5 Å². The van der Waals surface area contributed by atoms with Crippen LogP contribution in [0.25, 0.3) is 0 Å². The normalized spacial score (nSPS) is 13.1. The summed E-state index contributed by atoms with van der Waals surface area (Å²) in [5.41, 5.74) is 0.778. The number of fused-ring (bicyclic) bond motifs is 1. The van der Waals surface area contributed by atoms with Gasteiger partial charge in [-0.15, -0.1) is 0 Å². The molecule has 0 saturated carbocycles. The van der Waals surface area contributed by atoms with E-state index in [2.05, 4.69) is 5.32 Å². The van der Waals surface area contributed by atoms with Crippen LogP contribution in [0.5, 0.6) is 11.5 Å². The predicted molar refractivity (Wildman–Crippen MR) is 87.8 cm³/mol. The molecule has 0 radical (unpaired) electrons. The number of amides is 1. The molecule has 1 heterocycles. The molecule has 0 atom stereocenters. The summed E-state index contributed by atoms with van der Waals surface area (Å²) in [4.78, 5) is 12.4. The minimum absolute atomic E-state index is 0.0610. The quantitative estimate of drug-likeness (QED) is 0.912. The number of carbonyl (C=O) groups excluding carboxylic acids is 1. The highest BCUT2D eigenvalue weighted by atomic mass is 32.2. The van der Waals surface area contributed by atoms with Crippen LogP contribution in [0.15, 0.2) is 47.4 Å². The van der Waals surface area contributed by atoms with Gasteiger partial charge in [-0.25, -0.2) is 12.7 Å². The summed E-state index contributed by atoms with van der Waals surface area (Å²) in [5, 5.41) is 2.71. The standard InChI is InChI=1S/C16H16N2O5S/c1-18(2)24(20,21)13-5-3-4-11(8-13)16(19)17-12-6-7-14-15(9-12)23-10-22-14/h3-9H,10H2,1-2H3,(H,17,19). The first-order chi connectivity index (χ1) is 11.4. The smallest absolute Gasteiger partial charge is 0.255 e. The van der Waals surface area contributed by atoms with Crippen LogP contribution in [-0.2, 0) is 10.0 Å². The number of hydrogen-bond acceptors (Lipinski definition) is 5. The summed E-state index contributed by atoms with van der Waals surface area (Å²) in [6.45, 7) is 0.150. The lowest BCUT2D eigenvalue weighted by atomic mass is 10.2. The number of anilines is 1. The molecule has 1 N–H and O–H groups in total. The molecule has 1 aliphatic rings. The van der Waals surface area contributed by atoms with Crippen LogP contribution < -0.4 is 14.8 Å². The van der Waals surface area contributed by atoms with E-state index in [4.69, 9.17) is 9.47 Å². The average Bonchev–Trinajstić information content (AvgIpc) is 3.02. The molecule has 2 aromatic rings. The molecular formula is C16H16N2O5S. The molecular weight excluding hydrogens is 332 g/mol. The molecule has 0 aromatic heterocycles. The first-order valence-electron chi connectivity index (χ1n) is 7.11. The highest BCUT2D eigenvalue weighted by Gasteiger charge is 2.19. The zero-order chi connectivity index (χ0) is 17.3. The van der Waals surface area contributed by atoms with E-state index in [1.807, 2.05) is 0 Å². The summed E-state index contributed by atoms with van der Waals surface area (Å²) in [6.07, 6.45) is 0. The summed E-state index contributed by atoms with van der Waals surface area (Å²) in [5.74, 6) is 0.758. The number of carbonyl (C=O) groups is 1. The Balaban J connectivity index is 1.83. The van der Waals surface area contributed by atoms with E-state index >= 15 is 0 Å². The molecule has 0 bridgehead atoms. The summed E-state index contributed by atoms with van der Waals surface area (Å²) < 4.78 is 35.9. The second-order valence-corrected chi connectivity index (χ2v) is 7.49. The largest absolute Gasteiger partial charge is 0.454 e. The Kier molecular flexibility index (Phi) is 4.16. The molecule has 3 rings (SSSR count). The SMILES string of the molecule is CN(C)S(=O)(=O)c1cccc(C(=O)Nc2ccc3c(c2)OCO3)c1. The topological polar surface area (TPSA) is 84.9 Å². The van der Waals surface area contributed by atoms with Crippen molar-refractivity contribution in [1.82, 2.24) is 4.31 Å². The van der Waals surface area contributed by atoms with Crippen LogP contribution in [0.2, 0.25) is 0 Å². The highest BCUT2D eigenvalue weighted by Crippen LogP contribution is 2.34. The first-order valence-corrected chi connectivity index (χ1v) is 8.55. The Morgan fingerprint density at radius 1 is 1.08 bits per heavy atom. The molecule has 7 nitrogen and oxygen atoms in total. The Labute approximate surface area is 139 Å². The molecule has 126 valence electrons. The van der Waals surface area contributed by atoms with Gasteiger partial charge in [-0.05, 0) is 30.3 Å². The van der Waals surface area contributed by atoms with Crippen LogP contribution in [0.1, 0.15) is 10.4 Å². The summed E-state index contributed by atoms with van der Waals surface area (Å²) in [7, 11) is -0.719. The number of sulfonamides is 1. The van der Waals surface area contributed by atoms with Crippen molar-refractivity contribution >= 4 is 21.6 Å². The molecule has 2 aromatic carbocycles. The number of hydrogen-bond donors (Lipinski definition) is 1. The molecule has 8 heteroatoms. The third kappa shape index (κ3) is 3.06. The monoisotopic (exact) mass is 348 g/mol. The molecule has 24 heavy (non-hydrogen) atoms. The van der Waals surface area contributed by atoms with Gasteiger partial charge in [0.05, 0.1) is 4.90 Å². The fourth-order valence-electron chi connectivity index (χ4n) is 2.19. The number of rotatable bonds is 4. The lowest BCUT2D eigenvalue weighted by Gasteiger charge is -2.12. The Morgan fingerprint density at radius 3 is 2.58 bits per heavy atom. The third-order valence-electron chi connectivity index (χ3n) is 3.51. The van der Waals surface area contributed by atoms with E-state index in [-0.39, 0.29) is 17.3 Å². The molecule has 1 aliphatic heterocycles. The first kappa shape index (κ1) is 16.3. The van der Waals surface area contributed by atoms with Crippen molar-refractivity contribution in [2.75, 3.05) is 26.2 Å². The van der Waals surface area contributed by atoms with E-state index in [1.165, 1.54) is 32.3 Å². The maximum absolute atomic E-state index is 12.4. The molecule has 1 amide bonds. The summed E-state index contributed by atoms with van der Waals surface area (Å²) in [6, 6.07) is 10.9. The van der Waals surface area contributed by atoms with Gasteiger partial charge in [0.25, 0.3) is 5.91 Å². The number of nitrogens with one attached hydrogen (secondary N) is 1. The fourth-order valence-corrected chi connectivity index (χ4v) is 3.13. The van der Waals surface area contributed by atoms with Crippen molar-refractivity contribution in [3.63, 3.8) is 0 Å². The molecule has 0 unspecified atom stereocenters. The second kappa shape index (κ2) is 6.14. The molecule has 0 spiro atoms. The van der Waals surface area contributed by atoms with E-state index in [9.17, 15) is 13.2 Å². The zero-order valence-corrected chi connectivity index (χ0v) is 14.0. The third-order valence-corrected chi connectivity index (χ3v) is 5.32. The Bertz CT molecular complexity index is 893. The minimum atomic E-state index is -3.60. The molecule has 0 aliphatic carbocycles. The van der Waals surface area contributed by atoms with Crippen LogP contribution in [0, 0.1) is 0 Å². The lowest BCUT2D eigenvalue weighted by molar-refractivity contribution is 0.102. The van der Waals surface area contributed by atoms with Gasteiger partial charge in [0, 0.05) is 31.4 Å². The number of benzene rings is 2. The molecule has 0 fully saturated rings. The minimum Gasteiger partial charge on any atom is -0.454 e. The number of nitrogens with zero attached hydrogens (tertiary/aromatic N) is 1. The lowest BCUT2D eigenvalue weighted by Crippen LogP contribution is -2.22. The van der Waals surface area contributed by atoms with Gasteiger partial charge < -0.3 is 14.8 Å². The van der Waals surface area contributed by atoms with Crippen molar-refractivity contribution in [2.24, 2.45) is 0 Å². The van der Waals surface area contributed by atoms with Gasteiger partial charge in [0.15, 0.2) is 11.5 Å². The Morgan fingerprint density at radius 2 is 1.83 bits per heavy atom. The van der Waals surface area contributed by atoms with E-state index in [0.717, 1.165) is 4.31 Å². The van der Waals surface area contributed by atoms with Gasteiger partial charge in [0.2, 0.25) is 16.8 Å². The number of ether oxygens (including phenoxy) is 2. The van der Waals surface area contributed by atoms with Gasteiger partial charge in [-0.1, -0.05) is 6.07 Å². The average molecular weight is 348 g/mol.